The molecule has 162 valence electrons. The molecule has 1 aliphatic heterocycles. The molecule has 1 atom stereocenters. The Morgan fingerprint density at radius 3 is 2.73 bits per heavy atom. The molecule has 3 rings (SSSR count). The number of alkyl halides is 1. The van der Waals surface area contributed by atoms with E-state index >= 15 is 0 Å². The number of halogens is 3. The SMILES string of the molecule is CC(C)(C)OC(=O)N1CCN(c2nc(-c3ccnc(F)c3)[nH]c(=O)c2Cl)CC(F)C1. The Hall–Kier alpha value is -2.75. The topological polar surface area (TPSA) is 91.4 Å². The molecule has 1 saturated heterocycles. The van der Waals surface area contributed by atoms with E-state index in [4.69, 9.17) is 16.3 Å². The lowest BCUT2D eigenvalue weighted by atomic mass is 10.2. The first-order chi connectivity index (χ1) is 14.0. The maximum atomic E-state index is 14.6. The lowest BCUT2D eigenvalue weighted by Gasteiger charge is -2.26. The highest BCUT2D eigenvalue weighted by molar-refractivity contribution is 6.32. The molecule has 0 spiro atoms. The summed E-state index contributed by atoms with van der Waals surface area (Å²) in [5.74, 6) is -0.607. The van der Waals surface area contributed by atoms with Crippen LogP contribution in [-0.2, 0) is 4.74 Å². The van der Waals surface area contributed by atoms with E-state index in [0.717, 1.165) is 6.07 Å². The number of aromatic amines is 1. The van der Waals surface area contributed by atoms with Gasteiger partial charge in [-0.25, -0.2) is 19.2 Å². The number of rotatable bonds is 2. The van der Waals surface area contributed by atoms with Crippen molar-refractivity contribution in [1.82, 2.24) is 19.9 Å². The van der Waals surface area contributed by atoms with Crippen molar-refractivity contribution < 1.29 is 18.3 Å². The number of nitrogens with one attached hydrogen (secondary N) is 1. The van der Waals surface area contributed by atoms with Gasteiger partial charge in [-0.1, -0.05) is 11.6 Å². The van der Waals surface area contributed by atoms with E-state index in [9.17, 15) is 18.4 Å². The van der Waals surface area contributed by atoms with Crippen LogP contribution < -0.4 is 10.5 Å². The Kier molecular flexibility index (Phi) is 6.25. The first kappa shape index (κ1) is 21.9. The molecule has 1 amide bonds. The van der Waals surface area contributed by atoms with Crippen molar-refractivity contribution >= 4 is 23.5 Å². The molecule has 1 N–H and O–H groups in total. The third kappa shape index (κ3) is 5.24. The fourth-order valence-electron chi connectivity index (χ4n) is 2.99. The first-order valence-corrected chi connectivity index (χ1v) is 9.70. The highest BCUT2D eigenvalue weighted by Gasteiger charge is 2.30. The molecule has 0 aliphatic carbocycles. The van der Waals surface area contributed by atoms with Crippen molar-refractivity contribution in [2.75, 3.05) is 31.1 Å². The molecule has 30 heavy (non-hydrogen) atoms. The summed E-state index contributed by atoms with van der Waals surface area (Å²) in [6.45, 7) is 5.23. The largest absolute Gasteiger partial charge is 0.444 e. The Bertz CT molecular complexity index is 995. The average Bonchev–Trinajstić information content (AvgIpc) is 2.84. The van der Waals surface area contributed by atoms with Gasteiger partial charge in [0.05, 0.1) is 13.1 Å². The fourth-order valence-corrected chi connectivity index (χ4v) is 3.20. The van der Waals surface area contributed by atoms with Crippen LogP contribution in [0.1, 0.15) is 20.8 Å². The van der Waals surface area contributed by atoms with Crippen LogP contribution in [0, 0.1) is 5.95 Å². The van der Waals surface area contributed by atoms with Gasteiger partial charge >= 0.3 is 6.09 Å². The number of ether oxygens (including phenoxy) is 1. The predicted molar refractivity (Wildman–Crippen MR) is 108 cm³/mol. The van der Waals surface area contributed by atoms with E-state index in [1.807, 2.05) is 0 Å². The van der Waals surface area contributed by atoms with E-state index in [2.05, 4.69) is 15.0 Å². The maximum Gasteiger partial charge on any atom is 0.410 e. The van der Waals surface area contributed by atoms with Gasteiger partial charge in [0, 0.05) is 30.9 Å². The molecule has 0 aromatic carbocycles. The first-order valence-electron chi connectivity index (χ1n) is 9.32. The van der Waals surface area contributed by atoms with Crippen LogP contribution in [0.3, 0.4) is 0 Å². The van der Waals surface area contributed by atoms with Gasteiger partial charge in [-0.15, -0.1) is 0 Å². The molecule has 3 heterocycles. The minimum Gasteiger partial charge on any atom is -0.444 e. The zero-order chi connectivity index (χ0) is 22.1. The number of H-pyrrole nitrogens is 1. The van der Waals surface area contributed by atoms with Crippen LogP contribution in [-0.4, -0.2) is 63.9 Å². The molecular formula is C19H22ClF2N5O3. The minimum absolute atomic E-state index is 0.0568. The Labute approximate surface area is 176 Å². The van der Waals surface area contributed by atoms with Gasteiger partial charge in [-0.05, 0) is 26.8 Å². The van der Waals surface area contributed by atoms with Crippen molar-refractivity contribution in [2.45, 2.75) is 32.5 Å². The molecule has 8 nitrogen and oxygen atoms in total. The summed E-state index contributed by atoms with van der Waals surface area (Å²) in [6, 6.07) is 2.59. The van der Waals surface area contributed by atoms with Gasteiger partial charge in [0.25, 0.3) is 5.56 Å². The van der Waals surface area contributed by atoms with Gasteiger partial charge in [-0.2, -0.15) is 4.39 Å². The molecule has 11 heteroatoms. The monoisotopic (exact) mass is 441 g/mol. The molecule has 0 radical (unpaired) electrons. The van der Waals surface area contributed by atoms with Crippen molar-refractivity contribution in [2.24, 2.45) is 0 Å². The fraction of sp³-hybridized carbons (Fsp3) is 0.474. The number of amides is 1. The highest BCUT2D eigenvalue weighted by Crippen LogP contribution is 2.25. The number of aromatic nitrogens is 3. The second kappa shape index (κ2) is 8.55. The van der Waals surface area contributed by atoms with Gasteiger partial charge in [0.1, 0.15) is 22.6 Å². The van der Waals surface area contributed by atoms with Crippen molar-refractivity contribution in [3.8, 4) is 11.4 Å². The summed E-state index contributed by atoms with van der Waals surface area (Å²) in [5.41, 5.74) is -1.06. The number of carbonyl (C=O) groups excluding carboxylic acids is 1. The number of hydrogen-bond donors (Lipinski definition) is 1. The molecule has 0 bridgehead atoms. The predicted octanol–water partition coefficient (Wildman–Crippen LogP) is 3.02. The van der Waals surface area contributed by atoms with Crippen molar-refractivity contribution in [3.63, 3.8) is 0 Å². The third-order valence-electron chi connectivity index (χ3n) is 4.27. The van der Waals surface area contributed by atoms with Gasteiger partial charge < -0.3 is 19.5 Å². The molecule has 0 saturated carbocycles. The van der Waals surface area contributed by atoms with E-state index in [1.165, 1.54) is 22.1 Å². The quantitative estimate of drug-likeness (QED) is 0.720. The van der Waals surface area contributed by atoms with E-state index in [0.29, 0.717) is 5.56 Å². The summed E-state index contributed by atoms with van der Waals surface area (Å²) in [6.07, 6.45) is -0.801. The summed E-state index contributed by atoms with van der Waals surface area (Å²) < 4.78 is 33.4. The molecule has 2 aromatic heterocycles. The number of carbonyl (C=O) groups is 1. The standard InChI is InChI=1S/C19H22ClF2N5O3/c1-19(2,3)30-18(29)27-7-6-26(9-12(21)10-27)16-14(20)17(28)25-15(24-16)11-4-5-23-13(22)8-11/h4-5,8,12H,6-7,9-10H2,1-3H3,(H,24,25,28). The average molecular weight is 442 g/mol. The van der Waals surface area contributed by atoms with Crippen molar-refractivity contribution in [1.29, 1.82) is 0 Å². The Balaban J connectivity index is 1.88. The van der Waals surface area contributed by atoms with Crippen molar-refractivity contribution in [3.05, 3.63) is 39.7 Å². The normalized spacial score (nSPS) is 17.6. The van der Waals surface area contributed by atoms with Gasteiger partial charge in [-0.3, -0.25) is 4.79 Å². The van der Waals surface area contributed by atoms with Crippen LogP contribution in [0.25, 0.3) is 11.4 Å². The van der Waals surface area contributed by atoms with E-state index < -0.39 is 29.4 Å². The number of anilines is 1. The Morgan fingerprint density at radius 2 is 2.07 bits per heavy atom. The summed E-state index contributed by atoms with van der Waals surface area (Å²) in [4.78, 5) is 37.7. The van der Waals surface area contributed by atoms with Crippen LogP contribution in [0.15, 0.2) is 23.1 Å². The van der Waals surface area contributed by atoms with Crippen LogP contribution in [0.2, 0.25) is 5.02 Å². The molecule has 1 aliphatic rings. The smallest absolute Gasteiger partial charge is 0.410 e. The number of nitrogens with zero attached hydrogens (tertiary/aromatic N) is 4. The molecule has 2 aromatic rings. The van der Waals surface area contributed by atoms with Gasteiger partial charge in [0.2, 0.25) is 5.95 Å². The number of hydrogen-bond acceptors (Lipinski definition) is 6. The van der Waals surface area contributed by atoms with E-state index in [1.54, 1.807) is 20.8 Å². The second-order valence-corrected chi connectivity index (χ2v) is 8.27. The highest BCUT2D eigenvalue weighted by atomic mass is 35.5. The van der Waals surface area contributed by atoms with Gasteiger partial charge in [0.15, 0.2) is 5.82 Å². The summed E-state index contributed by atoms with van der Waals surface area (Å²) in [7, 11) is 0. The third-order valence-corrected chi connectivity index (χ3v) is 4.61. The summed E-state index contributed by atoms with van der Waals surface area (Å²) in [5, 5.41) is -0.216. The number of pyridine rings is 1. The zero-order valence-corrected chi connectivity index (χ0v) is 17.5. The molecule has 1 fully saturated rings. The molecular weight excluding hydrogens is 420 g/mol. The van der Waals surface area contributed by atoms with E-state index in [-0.39, 0.29) is 42.8 Å². The lowest BCUT2D eigenvalue weighted by molar-refractivity contribution is 0.0229. The second-order valence-electron chi connectivity index (χ2n) is 7.89. The lowest BCUT2D eigenvalue weighted by Crippen LogP contribution is -2.40. The van der Waals surface area contributed by atoms with Crippen LogP contribution in [0.5, 0.6) is 0 Å². The maximum absolute atomic E-state index is 14.6. The zero-order valence-electron chi connectivity index (χ0n) is 16.8. The Morgan fingerprint density at radius 1 is 1.33 bits per heavy atom. The van der Waals surface area contributed by atoms with Crippen LogP contribution >= 0.6 is 11.6 Å². The van der Waals surface area contributed by atoms with Crippen LogP contribution in [0.4, 0.5) is 19.4 Å². The molecule has 1 unspecified atom stereocenters. The summed E-state index contributed by atoms with van der Waals surface area (Å²) >= 11 is 6.14. The minimum atomic E-state index is -1.42.